The van der Waals surface area contributed by atoms with E-state index in [0.717, 1.165) is 5.57 Å². The van der Waals surface area contributed by atoms with Crippen molar-refractivity contribution < 1.29 is 23.7 Å². The predicted octanol–water partition coefficient (Wildman–Crippen LogP) is 3.28. The molecular weight excluding hydrogens is 312 g/mol. The van der Waals surface area contributed by atoms with Gasteiger partial charge in [-0.1, -0.05) is 6.58 Å². The lowest BCUT2D eigenvalue weighted by Crippen LogP contribution is -2.21. The molecule has 0 unspecified atom stereocenters. The van der Waals surface area contributed by atoms with Gasteiger partial charge in [-0.05, 0) is 38.5 Å². The summed E-state index contributed by atoms with van der Waals surface area (Å²) in [5.41, 5.74) is 0.934. The maximum atomic E-state index is 11.4. The van der Waals surface area contributed by atoms with Gasteiger partial charge in [0.15, 0.2) is 17.1 Å². The van der Waals surface area contributed by atoms with E-state index in [9.17, 15) is 9.90 Å². The molecule has 1 aliphatic rings. The van der Waals surface area contributed by atoms with Crippen LogP contribution in [0.4, 0.5) is 0 Å². The van der Waals surface area contributed by atoms with Gasteiger partial charge in [0.25, 0.3) is 0 Å². The average Bonchev–Trinajstić information content (AvgIpc) is 2.84. The molecule has 1 aromatic carbocycles. The molecule has 2 aromatic rings. The highest BCUT2D eigenvalue weighted by atomic mass is 16.8. The van der Waals surface area contributed by atoms with Crippen molar-refractivity contribution in [1.29, 1.82) is 0 Å². The Kier molecular flexibility index (Phi) is 3.89. The molecule has 128 valence electrons. The van der Waals surface area contributed by atoms with Gasteiger partial charge >= 0.3 is 5.63 Å². The van der Waals surface area contributed by atoms with Crippen LogP contribution in [0.5, 0.6) is 11.5 Å². The Labute approximate surface area is 139 Å². The molecule has 0 radical (unpaired) electrons. The molecule has 1 N–H and O–H groups in total. The molecule has 0 bridgehead atoms. The Morgan fingerprint density at radius 3 is 2.67 bits per heavy atom. The number of methoxy groups -OCH3 is 1. The highest BCUT2D eigenvalue weighted by Crippen LogP contribution is 2.48. The van der Waals surface area contributed by atoms with Crippen LogP contribution in [0.3, 0.4) is 0 Å². The molecule has 6 heteroatoms. The van der Waals surface area contributed by atoms with E-state index in [4.69, 9.17) is 18.6 Å². The maximum absolute atomic E-state index is 11.4. The molecule has 2 atom stereocenters. The summed E-state index contributed by atoms with van der Waals surface area (Å²) in [5.74, 6) is -0.849. The smallest absolute Gasteiger partial charge is 0.336 e. The average molecular weight is 332 g/mol. The fourth-order valence-corrected chi connectivity index (χ4v) is 2.97. The van der Waals surface area contributed by atoms with Crippen LogP contribution in [-0.4, -0.2) is 24.1 Å². The lowest BCUT2D eigenvalue weighted by molar-refractivity contribution is -0.144. The van der Waals surface area contributed by atoms with E-state index < -0.39 is 17.5 Å². The van der Waals surface area contributed by atoms with Crippen molar-refractivity contribution in [1.82, 2.24) is 0 Å². The SMILES string of the molecule is C=C(C)[C@H]1OC(C)(C)O[C@@H]1c1cc2ccc(=O)oc2c(O)c1OC. The van der Waals surface area contributed by atoms with Gasteiger partial charge in [0, 0.05) is 17.0 Å². The molecule has 1 aliphatic heterocycles. The highest BCUT2D eigenvalue weighted by molar-refractivity contribution is 5.86. The summed E-state index contributed by atoms with van der Waals surface area (Å²) in [7, 11) is 1.43. The number of fused-ring (bicyclic) bond motifs is 1. The van der Waals surface area contributed by atoms with E-state index in [1.165, 1.54) is 13.2 Å². The summed E-state index contributed by atoms with van der Waals surface area (Å²) >= 11 is 0. The van der Waals surface area contributed by atoms with Gasteiger partial charge in [0.1, 0.15) is 12.2 Å². The van der Waals surface area contributed by atoms with Crippen LogP contribution in [0.15, 0.2) is 39.6 Å². The summed E-state index contributed by atoms with van der Waals surface area (Å²) < 4.78 is 22.4. The number of ether oxygens (including phenoxy) is 3. The van der Waals surface area contributed by atoms with Crippen LogP contribution in [-0.2, 0) is 9.47 Å². The number of hydrogen-bond donors (Lipinski definition) is 1. The number of benzene rings is 1. The Bertz CT molecular complexity index is 864. The molecule has 1 aromatic heterocycles. The summed E-state index contributed by atoms with van der Waals surface area (Å²) in [6, 6.07) is 4.65. The summed E-state index contributed by atoms with van der Waals surface area (Å²) in [4.78, 5) is 11.4. The first-order valence-electron chi connectivity index (χ1n) is 7.58. The van der Waals surface area contributed by atoms with Gasteiger partial charge in [-0.15, -0.1) is 0 Å². The van der Waals surface area contributed by atoms with Gasteiger partial charge in [-0.3, -0.25) is 0 Å². The van der Waals surface area contributed by atoms with Crippen LogP contribution in [0.25, 0.3) is 11.0 Å². The Balaban J connectivity index is 2.23. The largest absolute Gasteiger partial charge is 0.502 e. The minimum Gasteiger partial charge on any atom is -0.502 e. The molecule has 24 heavy (non-hydrogen) atoms. The van der Waals surface area contributed by atoms with E-state index in [2.05, 4.69) is 6.58 Å². The normalized spacial score (nSPS) is 22.7. The number of rotatable bonds is 3. The fourth-order valence-electron chi connectivity index (χ4n) is 2.97. The molecular formula is C18H20O6. The fraction of sp³-hybridized carbons (Fsp3) is 0.389. The van der Waals surface area contributed by atoms with Crippen LogP contribution in [0, 0.1) is 0 Å². The molecule has 1 fully saturated rings. The molecule has 0 saturated carbocycles. The van der Waals surface area contributed by atoms with E-state index in [-0.39, 0.29) is 23.2 Å². The standard InChI is InChI=1S/C18H20O6/c1-9(2)14-17(24-18(3,4)23-14)11-8-10-6-7-12(19)22-15(10)13(20)16(11)21-5/h6-8,14,17,20H,1H2,2-5H3/t14-,17-/m1/s1. The monoisotopic (exact) mass is 332 g/mol. The summed E-state index contributed by atoms with van der Waals surface area (Å²) in [6.07, 6.45) is -0.892. The maximum Gasteiger partial charge on any atom is 0.336 e. The van der Waals surface area contributed by atoms with Crippen molar-refractivity contribution in [2.45, 2.75) is 38.8 Å². The first kappa shape index (κ1) is 16.5. The van der Waals surface area contributed by atoms with Gasteiger partial charge in [0.2, 0.25) is 5.75 Å². The first-order valence-corrected chi connectivity index (χ1v) is 7.58. The molecule has 3 rings (SSSR count). The van der Waals surface area contributed by atoms with Gasteiger partial charge in [-0.25, -0.2) is 4.79 Å². The molecule has 0 amide bonds. The topological polar surface area (TPSA) is 78.1 Å². The van der Waals surface area contributed by atoms with Gasteiger partial charge < -0.3 is 23.7 Å². The van der Waals surface area contributed by atoms with Gasteiger partial charge in [-0.2, -0.15) is 0 Å². The first-order chi connectivity index (χ1) is 11.2. The van der Waals surface area contributed by atoms with Crippen LogP contribution >= 0.6 is 0 Å². The summed E-state index contributed by atoms with van der Waals surface area (Å²) in [6.45, 7) is 9.45. The second-order valence-electron chi connectivity index (χ2n) is 6.34. The van der Waals surface area contributed by atoms with Gasteiger partial charge in [0.05, 0.1) is 7.11 Å². The third kappa shape index (κ3) is 2.68. The van der Waals surface area contributed by atoms with Crippen LogP contribution in [0.2, 0.25) is 0 Å². The number of hydrogen-bond acceptors (Lipinski definition) is 6. The molecule has 0 spiro atoms. The highest BCUT2D eigenvalue weighted by Gasteiger charge is 2.44. The minimum absolute atomic E-state index is 0.0770. The number of phenols is 1. The Morgan fingerprint density at radius 1 is 1.33 bits per heavy atom. The van der Waals surface area contributed by atoms with Crippen molar-refractivity contribution in [3.05, 3.63) is 46.3 Å². The molecule has 6 nitrogen and oxygen atoms in total. The molecule has 1 saturated heterocycles. The number of phenolic OH excluding ortho intramolecular Hbond substituents is 1. The zero-order valence-electron chi connectivity index (χ0n) is 14.1. The van der Waals surface area contributed by atoms with Crippen molar-refractivity contribution >= 4 is 11.0 Å². The molecule has 0 aliphatic carbocycles. The zero-order valence-corrected chi connectivity index (χ0v) is 14.1. The van der Waals surface area contributed by atoms with Crippen molar-refractivity contribution in [2.24, 2.45) is 0 Å². The lowest BCUT2D eigenvalue weighted by atomic mass is 9.97. The molecule has 2 heterocycles. The zero-order chi connectivity index (χ0) is 17.6. The lowest BCUT2D eigenvalue weighted by Gasteiger charge is -2.21. The second kappa shape index (κ2) is 5.65. The Morgan fingerprint density at radius 2 is 2.04 bits per heavy atom. The van der Waals surface area contributed by atoms with E-state index in [1.807, 2.05) is 20.8 Å². The van der Waals surface area contributed by atoms with E-state index >= 15 is 0 Å². The van der Waals surface area contributed by atoms with E-state index in [1.54, 1.807) is 12.1 Å². The summed E-state index contributed by atoms with van der Waals surface area (Å²) in [5, 5.41) is 11.1. The third-order valence-electron chi connectivity index (χ3n) is 3.96. The second-order valence-corrected chi connectivity index (χ2v) is 6.34. The number of aromatic hydroxyl groups is 1. The van der Waals surface area contributed by atoms with Crippen molar-refractivity contribution in [2.75, 3.05) is 7.11 Å². The van der Waals surface area contributed by atoms with Crippen molar-refractivity contribution in [3.63, 3.8) is 0 Å². The van der Waals surface area contributed by atoms with Crippen molar-refractivity contribution in [3.8, 4) is 11.5 Å². The van der Waals surface area contributed by atoms with E-state index in [0.29, 0.717) is 10.9 Å². The van der Waals surface area contributed by atoms with Crippen LogP contribution in [0.1, 0.15) is 32.4 Å². The third-order valence-corrected chi connectivity index (χ3v) is 3.96. The minimum atomic E-state index is -0.798. The predicted molar refractivity (Wildman–Crippen MR) is 88.3 cm³/mol. The quantitative estimate of drug-likeness (QED) is 0.686. The van der Waals surface area contributed by atoms with Crippen LogP contribution < -0.4 is 10.4 Å². The Hall–Kier alpha value is -2.31.